The number of carbonyl (C=O) groups is 1. The highest BCUT2D eigenvalue weighted by atomic mass is 16.4. The Bertz CT molecular complexity index is 951. The van der Waals surface area contributed by atoms with Crippen LogP contribution in [-0.4, -0.2) is 12.6 Å². The summed E-state index contributed by atoms with van der Waals surface area (Å²) < 4.78 is 5.34. The Morgan fingerprint density at radius 2 is 1.73 bits per heavy atom. The highest BCUT2D eigenvalue weighted by molar-refractivity contribution is 6.01. The van der Waals surface area contributed by atoms with Crippen LogP contribution in [-0.2, 0) is 6.54 Å². The summed E-state index contributed by atoms with van der Waals surface area (Å²) in [5, 5.41) is 9.35. The lowest BCUT2D eigenvalue weighted by atomic mass is 10.2. The predicted molar refractivity (Wildman–Crippen MR) is 104 cm³/mol. The molecule has 134 valence electrons. The molecule has 6 heteroatoms. The second-order valence-electron chi connectivity index (χ2n) is 5.86. The molecule has 0 aliphatic rings. The van der Waals surface area contributed by atoms with Crippen LogP contribution in [0.1, 0.15) is 18.9 Å². The first-order chi connectivity index (χ1) is 12.7. The fourth-order valence-electron chi connectivity index (χ4n) is 2.63. The van der Waals surface area contributed by atoms with Crippen LogP contribution in [0.2, 0.25) is 0 Å². The summed E-state index contributed by atoms with van der Waals surface area (Å²) in [5.74, 6) is 0. The molecule has 2 amide bonds. The van der Waals surface area contributed by atoms with Crippen LogP contribution in [0.5, 0.6) is 0 Å². The Morgan fingerprint density at radius 1 is 1.00 bits per heavy atom. The number of urea groups is 1. The Morgan fingerprint density at radius 3 is 2.50 bits per heavy atom. The fourth-order valence-corrected chi connectivity index (χ4v) is 2.63. The predicted octanol–water partition coefficient (Wildman–Crippen LogP) is 3.94. The number of para-hydroxylation sites is 1. The standard InChI is InChI=1S/C20H21N3O3/c1-2-12-21-17-15-10-6-7-11-16(15)26-19(24)18(17)23-20(25)22-13-14-8-4-3-5-9-14/h3-11,21H,2,12-13H2,1H3,(H2,22,23,25). The third-order valence-corrected chi connectivity index (χ3v) is 3.90. The highest BCUT2D eigenvalue weighted by Gasteiger charge is 2.16. The molecule has 0 saturated carbocycles. The van der Waals surface area contributed by atoms with Gasteiger partial charge in [-0.25, -0.2) is 9.59 Å². The number of benzene rings is 2. The lowest BCUT2D eigenvalue weighted by molar-refractivity contribution is 0.251. The van der Waals surface area contributed by atoms with E-state index >= 15 is 0 Å². The van der Waals surface area contributed by atoms with Crippen LogP contribution >= 0.6 is 0 Å². The molecule has 0 bridgehead atoms. The SMILES string of the molecule is CCCNc1c(NC(=O)NCc2ccccc2)c(=O)oc2ccccc12. The van der Waals surface area contributed by atoms with Gasteiger partial charge in [0.05, 0.1) is 5.69 Å². The molecule has 0 atom stereocenters. The summed E-state index contributed by atoms with van der Waals surface area (Å²) in [6.07, 6.45) is 0.883. The maximum Gasteiger partial charge on any atom is 0.362 e. The summed E-state index contributed by atoms with van der Waals surface area (Å²) in [6, 6.07) is 16.3. The molecule has 3 rings (SSSR count). The van der Waals surface area contributed by atoms with E-state index in [0.717, 1.165) is 17.4 Å². The first kappa shape index (κ1) is 17.5. The van der Waals surface area contributed by atoms with Gasteiger partial charge >= 0.3 is 11.7 Å². The van der Waals surface area contributed by atoms with Crippen LogP contribution in [0.15, 0.2) is 63.8 Å². The number of anilines is 2. The van der Waals surface area contributed by atoms with Gasteiger partial charge in [-0.05, 0) is 24.1 Å². The van der Waals surface area contributed by atoms with Crippen LogP contribution in [0.4, 0.5) is 16.2 Å². The second kappa shape index (κ2) is 8.20. The molecule has 6 nitrogen and oxygen atoms in total. The molecule has 0 fully saturated rings. The second-order valence-corrected chi connectivity index (χ2v) is 5.86. The van der Waals surface area contributed by atoms with Crippen LogP contribution in [0.25, 0.3) is 11.0 Å². The normalized spacial score (nSPS) is 10.5. The number of rotatable bonds is 6. The lowest BCUT2D eigenvalue weighted by Gasteiger charge is -2.14. The molecule has 2 aromatic carbocycles. The highest BCUT2D eigenvalue weighted by Crippen LogP contribution is 2.28. The number of hydrogen-bond donors (Lipinski definition) is 3. The molecule has 0 saturated heterocycles. The van der Waals surface area contributed by atoms with E-state index in [-0.39, 0.29) is 5.69 Å². The van der Waals surface area contributed by atoms with Crippen LogP contribution in [0, 0.1) is 0 Å². The fraction of sp³-hybridized carbons (Fsp3) is 0.200. The van der Waals surface area contributed by atoms with Gasteiger partial charge in [-0.2, -0.15) is 0 Å². The smallest absolute Gasteiger partial charge is 0.362 e. The van der Waals surface area contributed by atoms with Crippen LogP contribution < -0.4 is 21.6 Å². The van der Waals surface area contributed by atoms with Crippen molar-refractivity contribution in [3.05, 3.63) is 70.6 Å². The van der Waals surface area contributed by atoms with Crippen LogP contribution in [0.3, 0.4) is 0 Å². The Labute approximate surface area is 151 Å². The van der Waals surface area contributed by atoms with Gasteiger partial charge in [0.15, 0.2) is 5.69 Å². The zero-order chi connectivity index (χ0) is 18.4. The molecule has 1 heterocycles. The van der Waals surface area contributed by atoms with Crippen molar-refractivity contribution in [1.82, 2.24) is 5.32 Å². The van der Waals surface area contributed by atoms with Gasteiger partial charge in [0.2, 0.25) is 0 Å². The molecule has 0 aliphatic heterocycles. The summed E-state index contributed by atoms with van der Waals surface area (Å²) >= 11 is 0. The van der Waals surface area contributed by atoms with Crippen molar-refractivity contribution >= 4 is 28.4 Å². The van der Waals surface area contributed by atoms with E-state index in [4.69, 9.17) is 4.42 Å². The molecule has 0 radical (unpaired) electrons. The maximum atomic E-state index is 12.4. The van der Waals surface area contributed by atoms with Crippen molar-refractivity contribution in [3.8, 4) is 0 Å². The van der Waals surface area contributed by atoms with E-state index in [9.17, 15) is 9.59 Å². The van der Waals surface area contributed by atoms with Gasteiger partial charge in [0.25, 0.3) is 0 Å². The number of hydrogen-bond acceptors (Lipinski definition) is 4. The van der Waals surface area contributed by atoms with Gasteiger partial charge in [-0.1, -0.05) is 49.4 Å². The van der Waals surface area contributed by atoms with Gasteiger partial charge in [0, 0.05) is 18.5 Å². The first-order valence-electron chi connectivity index (χ1n) is 8.57. The summed E-state index contributed by atoms with van der Waals surface area (Å²) in [6.45, 7) is 3.07. The minimum absolute atomic E-state index is 0.114. The molecule has 3 aromatic rings. The molecule has 0 spiro atoms. The summed E-state index contributed by atoms with van der Waals surface area (Å²) in [4.78, 5) is 24.6. The van der Waals surface area contributed by atoms with E-state index in [2.05, 4.69) is 16.0 Å². The quantitative estimate of drug-likeness (QED) is 0.588. The summed E-state index contributed by atoms with van der Waals surface area (Å²) in [5.41, 5.74) is 1.55. The van der Waals surface area contributed by atoms with Crippen molar-refractivity contribution in [1.29, 1.82) is 0 Å². The monoisotopic (exact) mass is 351 g/mol. The van der Waals surface area contributed by atoms with E-state index in [1.54, 1.807) is 12.1 Å². The van der Waals surface area contributed by atoms with Crippen molar-refractivity contribution in [2.75, 3.05) is 17.2 Å². The summed E-state index contributed by atoms with van der Waals surface area (Å²) in [7, 11) is 0. The first-order valence-corrected chi connectivity index (χ1v) is 8.57. The molecule has 0 aliphatic carbocycles. The average molecular weight is 351 g/mol. The van der Waals surface area contributed by atoms with Gasteiger partial charge in [0.1, 0.15) is 5.58 Å². The van der Waals surface area contributed by atoms with E-state index < -0.39 is 11.7 Å². The van der Waals surface area contributed by atoms with E-state index in [1.165, 1.54) is 0 Å². The zero-order valence-corrected chi connectivity index (χ0v) is 14.5. The maximum absolute atomic E-state index is 12.4. The Balaban J connectivity index is 1.84. The average Bonchev–Trinajstić information content (AvgIpc) is 2.67. The Kier molecular flexibility index (Phi) is 5.53. The Hall–Kier alpha value is -3.28. The molecule has 26 heavy (non-hydrogen) atoms. The largest absolute Gasteiger partial charge is 0.421 e. The van der Waals surface area contributed by atoms with E-state index in [1.807, 2.05) is 49.4 Å². The molecular formula is C20H21N3O3. The molecule has 0 unspecified atom stereocenters. The minimum Gasteiger partial charge on any atom is -0.421 e. The molecular weight excluding hydrogens is 330 g/mol. The zero-order valence-electron chi connectivity index (χ0n) is 14.5. The van der Waals surface area contributed by atoms with Crippen molar-refractivity contribution in [2.24, 2.45) is 0 Å². The molecule has 1 aromatic heterocycles. The third kappa shape index (κ3) is 4.03. The topological polar surface area (TPSA) is 83.4 Å². The number of fused-ring (bicyclic) bond motifs is 1. The van der Waals surface area contributed by atoms with Gasteiger partial charge in [-0.3, -0.25) is 5.32 Å². The minimum atomic E-state index is -0.586. The number of amides is 2. The number of carbonyl (C=O) groups excluding carboxylic acids is 1. The number of nitrogens with one attached hydrogen (secondary N) is 3. The van der Waals surface area contributed by atoms with E-state index in [0.29, 0.717) is 24.4 Å². The van der Waals surface area contributed by atoms with Crippen molar-refractivity contribution < 1.29 is 9.21 Å². The third-order valence-electron chi connectivity index (χ3n) is 3.90. The van der Waals surface area contributed by atoms with Gasteiger partial charge in [-0.15, -0.1) is 0 Å². The lowest BCUT2D eigenvalue weighted by Crippen LogP contribution is -2.30. The van der Waals surface area contributed by atoms with Gasteiger partial charge < -0.3 is 15.1 Å². The molecule has 3 N–H and O–H groups in total. The van der Waals surface area contributed by atoms with Crippen molar-refractivity contribution in [2.45, 2.75) is 19.9 Å². The van der Waals surface area contributed by atoms with Crippen molar-refractivity contribution in [3.63, 3.8) is 0 Å².